The Balaban J connectivity index is 2.20. The molecule has 0 radical (unpaired) electrons. The SMILES string of the molecule is COC(=O)[C@@H](O[C@@H]1O[C@H](CO)[C@@H](O)[C@H](O)[C@H]1O)c1ccccc1. The average molecular weight is 328 g/mol. The van der Waals surface area contributed by atoms with Crippen molar-refractivity contribution in [2.75, 3.05) is 13.7 Å². The van der Waals surface area contributed by atoms with Crippen LogP contribution in [0, 0.1) is 0 Å². The van der Waals surface area contributed by atoms with Crippen molar-refractivity contribution < 1.29 is 39.4 Å². The normalized spacial score (nSPS) is 32.3. The van der Waals surface area contributed by atoms with E-state index in [1.54, 1.807) is 30.3 Å². The third-order valence-electron chi connectivity index (χ3n) is 3.64. The molecule has 0 bridgehead atoms. The Morgan fingerprint density at radius 3 is 2.39 bits per heavy atom. The van der Waals surface area contributed by atoms with Crippen molar-refractivity contribution in [3.8, 4) is 0 Å². The number of carbonyl (C=O) groups is 1. The van der Waals surface area contributed by atoms with Crippen molar-refractivity contribution in [3.63, 3.8) is 0 Å². The fourth-order valence-corrected chi connectivity index (χ4v) is 2.32. The van der Waals surface area contributed by atoms with E-state index in [0.29, 0.717) is 5.56 Å². The van der Waals surface area contributed by atoms with Gasteiger partial charge in [-0.25, -0.2) is 4.79 Å². The number of esters is 1. The summed E-state index contributed by atoms with van der Waals surface area (Å²) >= 11 is 0. The van der Waals surface area contributed by atoms with Gasteiger partial charge in [0.25, 0.3) is 0 Å². The lowest BCUT2D eigenvalue weighted by molar-refractivity contribution is -0.311. The number of carbonyl (C=O) groups excluding carboxylic acids is 1. The van der Waals surface area contributed by atoms with Crippen LogP contribution < -0.4 is 0 Å². The van der Waals surface area contributed by atoms with Crippen LogP contribution in [0.3, 0.4) is 0 Å². The summed E-state index contributed by atoms with van der Waals surface area (Å²) in [5.41, 5.74) is 0.469. The third-order valence-corrected chi connectivity index (χ3v) is 3.64. The van der Waals surface area contributed by atoms with Crippen molar-refractivity contribution >= 4 is 5.97 Å². The van der Waals surface area contributed by atoms with Gasteiger partial charge < -0.3 is 34.6 Å². The maximum absolute atomic E-state index is 11.9. The van der Waals surface area contributed by atoms with E-state index in [9.17, 15) is 20.1 Å². The van der Waals surface area contributed by atoms with E-state index in [2.05, 4.69) is 4.74 Å². The molecule has 1 aliphatic rings. The molecule has 23 heavy (non-hydrogen) atoms. The zero-order chi connectivity index (χ0) is 17.0. The summed E-state index contributed by atoms with van der Waals surface area (Å²) in [4.78, 5) is 11.9. The Bertz CT molecular complexity index is 505. The summed E-state index contributed by atoms with van der Waals surface area (Å²) < 4.78 is 15.4. The van der Waals surface area contributed by atoms with Crippen LogP contribution in [-0.2, 0) is 19.0 Å². The molecular weight excluding hydrogens is 308 g/mol. The number of hydrogen-bond donors (Lipinski definition) is 4. The fraction of sp³-hybridized carbons (Fsp3) is 0.533. The first-order valence-corrected chi connectivity index (χ1v) is 7.08. The Morgan fingerprint density at radius 1 is 1.17 bits per heavy atom. The van der Waals surface area contributed by atoms with E-state index in [0.717, 1.165) is 0 Å². The van der Waals surface area contributed by atoms with Gasteiger partial charge in [0.1, 0.15) is 24.4 Å². The van der Waals surface area contributed by atoms with Crippen molar-refractivity contribution in [1.29, 1.82) is 0 Å². The van der Waals surface area contributed by atoms with Crippen molar-refractivity contribution in [1.82, 2.24) is 0 Å². The van der Waals surface area contributed by atoms with Gasteiger partial charge in [-0.05, 0) is 5.56 Å². The van der Waals surface area contributed by atoms with Crippen LogP contribution in [0.15, 0.2) is 30.3 Å². The van der Waals surface area contributed by atoms with Crippen molar-refractivity contribution in [3.05, 3.63) is 35.9 Å². The monoisotopic (exact) mass is 328 g/mol. The summed E-state index contributed by atoms with van der Waals surface area (Å²) in [5.74, 6) is -0.715. The summed E-state index contributed by atoms with van der Waals surface area (Å²) in [6.45, 7) is -0.584. The predicted molar refractivity (Wildman–Crippen MR) is 76.1 cm³/mol. The summed E-state index contributed by atoms with van der Waals surface area (Å²) in [7, 11) is 1.19. The van der Waals surface area contributed by atoms with Gasteiger partial charge in [-0.1, -0.05) is 30.3 Å². The van der Waals surface area contributed by atoms with E-state index >= 15 is 0 Å². The van der Waals surface area contributed by atoms with E-state index in [1.165, 1.54) is 7.11 Å². The highest BCUT2D eigenvalue weighted by atomic mass is 16.7. The molecule has 4 N–H and O–H groups in total. The first-order chi connectivity index (χ1) is 11.0. The molecule has 0 spiro atoms. The predicted octanol–water partition coefficient (Wildman–Crippen LogP) is -1.28. The second-order valence-corrected chi connectivity index (χ2v) is 5.15. The minimum Gasteiger partial charge on any atom is -0.467 e. The van der Waals surface area contributed by atoms with Crippen LogP contribution in [0.1, 0.15) is 11.7 Å². The molecule has 128 valence electrons. The minimum absolute atomic E-state index is 0.469. The number of methoxy groups -OCH3 is 1. The zero-order valence-electron chi connectivity index (χ0n) is 12.5. The number of aliphatic hydroxyl groups is 4. The first-order valence-electron chi connectivity index (χ1n) is 7.08. The van der Waals surface area contributed by atoms with Crippen LogP contribution in [0.2, 0.25) is 0 Å². The molecule has 2 rings (SSSR count). The number of rotatable bonds is 5. The third kappa shape index (κ3) is 3.86. The molecule has 6 atom stereocenters. The zero-order valence-corrected chi connectivity index (χ0v) is 12.5. The molecule has 1 aromatic rings. The molecule has 0 aromatic heterocycles. The van der Waals surface area contributed by atoms with Crippen LogP contribution in [-0.4, -0.2) is 70.8 Å². The van der Waals surface area contributed by atoms with Gasteiger partial charge in [-0.2, -0.15) is 0 Å². The van der Waals surface area contributed by atoms with Gasteiger partial charge >= 0.3 is 5.97 Å². The molecule has 1 aromatic carbocycles. The lowest BCUT2D eigenvalue weighted by atomic mass is 9.99. The van der Waals surface area contributed by atoms with Gasteiger partial charge in [0.2, 0.25) is 0 Å². The molecule has 8 heteroatoms. The summed E-state index contributed by atoms with van der Waals surface area (Å²) in [6, 6.07) is 8.41. The van der Waals surface area contributed by atoms with Gasteiger partial charge in [0, 0.05) is 0 Å². The Labute approximate surface area is 132 Å². The second-order valence-electron chi connectivity index (χ2n) is 5.15. The first kappa shape index (κ1) is 17.8. The Hall–Kier alpha value is -1.55. The molecule has 8 nitrogen and oxygen atoms in total. The minimum atomic E-state index is -1.59. The number of aliphatic hydroxyl groups excluding tert-OH is 4. The largest absolute Gasteiger partial charge is 0.467 e. The van der Waals surface area contributed by atoms with Gasteiger partial charge in [0.15, 0.2) is 12.4 Å². The standard InChI is InChI=1S/C15H20O8/c1-21-14(20)13(8-5-3-2-4-6-8)23-15-12(19)11(18)10(17)9(7-16)22-15/h2-6,9-13,15-19H,7H2,1H3/t9-,10-,11+,12-,13+,15+/m1/s1. The molecule has 1 aliphatic heterocycles. The highest BCUT2D eigenvalue weighted by molar-refractivity contribution is 5.76. The number of benzene rings is 1. The lowest BCUT2D eigenvalue weighted by Crippen LogP contribution is -2.59. The highest BCUT2D eigenvalue weighted by Gasteiger charge is 2.45. The molecule has 0 amide bonds. The number of hydrogen-bond acceptors (Lipinski definition) is 8. The maximum Gasteiger partial charge on any atom is 0.339 e. The summed E-state index contributed by atoms with van der Waals surface area (Å²) in [5, 5.41) is 38.6. The van der Waals surface area contributed by atoms with Crippen LogP contribution in [0.4, 0.5) is 0 Å². The topological polar surface area (TPSA) is 126 Å². The van der Waals surface area contributed by atoms with Crippen LogP contribution >= 0.6 is 0 Å². The molecule has 0 unspecified atom stereocenters. The Morgan fingerprint density at radius 2 is 1.83 bits per heavy atom. The molecule has 0 saturated carbocycles. The second kappa shape index (κ2) is 7.82. The lowest BCUT2D eigenvalue weighted by Gasteiger charge is -2.40. The van der Waals surface area contributed by atoms with E-state index in [-0.39, 0.29) is 0 Å². The van der Waals surface area contributed by atoms with Crippen LogP contribution in [0.5, 0.6) is 0 Å². The van der Waals surface area contributed by atoms with E-state index < -0.39 is 49.4 Å². The van der Waals surface area contributed by atoms with Gasteiger partial charge in [0.05, 0.1) is 13.7 Å². The smallest absolute Gasteiger partial charge is 0.339 e. The Kier molecular flexibility index (Phi) is 6.05. The maximum atomic E-state index is 11.9. The molecule has 1 saturated heterocycles. The average Bonchev–Trinajstić information content (AvgIpc) is 2.59. The molecule has 1 heterocycles. The van der Waals surface area contributed by atoms with E-state index in [1.807, 2.05) is 0 Å². The highest BCUT2D eigenvalue weighted by Crippen LogP contribution is 2.28. The quantitative estimate of drug-likeness (QED) is 0.492. The van der Waals surface area contributed by atoms with Gasteiger partial charge in [-0.15, -0.1) is 0 Å². The fourth-order valence-electron chi connectivity index (χ4n) is 2.32. The number of ether oxygens (including phenoxy) is 3. The van der Waals surface area contributed by atoms with Gasteiger partial charge in [-0.3, -0.25) is 0 Å². The van der Waals surface area contributed by atoms with Crippen LogP contribution in [0.25, 0.3) is 0 Å². The molecular formula is C15H20O8. The summed E-state index contributed by atoms with van der Waals surface area (Å²) in [6.07, 6.45) is -8.41. The van der Waals surface area contributed by atoms with Crippen molar-refractivity contribution in [2.24, 2.45) is 0 Å². The molecule has 0 aliphatic carbocycles. The van der Waals surface area contributed by atoms with Crippen molar-refractivity contribution in [2.45, 2.75) is 36.8 Å². The van der Waals surface area contributed by atoms with E-state index in [4.69, 9.17) is 14.6 Å². The molecule has 1 fully saturated rings.